The second kappa shape index (κ2) is 10.0. The molecule has 10 nitrogen and oxygen atoms in total. The van der Waals surface area contributed by atoms with E-state index >= 15 is 0 Å². The second-order valence-corrected chi connectivity index (χ2v) is 6.83. The number of hydrogen-bond acceptors (Lipinski definition) is 6. The summed E-state index contributed by atoms with van der Waals surface area (Å²) < 4.78 is 39.1. The molecule has 0 bridgehead atoms. The Bertz CT molecular complexity index is 964. The van der Waals surface area contributed by atoms with E-state index in [4.69, 9.17) is 0 Å². The van der Waals surface area contributed by atoms with E-state index in [9.17, 15) is 27.6 Å². The van der Waals surface area contributed by atoms with Crippen LogP contribution in [0.25, 0.3) is 0 Å². The Hall–Kier alpha value is -3.74. The average molecular weight is 451 g/mol. The van der Waals surface area contributed by atoms with Crippen molar-refractivity contribution in [3.8, 4) is 0 Å². The molecule has 1 aliphatic heterocycles. The monoisotopic (exact) mass is 451 g/mol. The number of benzene rings is 1. The van der Waals surface area contributed by atoms with E-state index < -0.39 is 29.6 Å². The highest BCUT2D eigenvalue weighted by Crippen LogP contribution is 2.34. The van der Waals surface area contributed by atoms with Crippen molar-refractivity contribution < 1.29 is 27.6 Å². The SMILES string of the molecule is O=C(CN1CCN(C(=O)NNC(=O)c2cnccn2)CC1)Nc1ccccc1C(F)(F)F. The van der Waals surface area contributed by atoms with Crippen molar-refractivity contribution in [2.45, 2.75) is 6.18 Å². The summed E-state index contributed by atoms with van der Waals surface area (Å²) in [7, 11) is 0. The first-order valence-corrected chi connectivity index (χ1v) is 9.54. The number of alkyl halides is 3. The number of anilines is 1. The largest absolute Gasteiger partial charge is 0.418 e. The molecule has 13 heteroatoms. The van der Waals surface area contributed by atoms with Gasteiger partial charge in [0.2, 0.25) is 5.91 Å². The first kappa shape index (κ1) is 22.9. The number of urea groups is 1. The topological polar surface area (TPSA) is 120 Å². The lowest BCUT2D eigenvalue weighted by Crippen LogP contribution is -2.56. The van der Waals surface area contributed by atoms with Gasteiger partial charge in [-0.3, -0.25) is 24.9 Å². The van der Waals surface area contributed by atoms with E-state index in [2.05, 4.69) is 26.1 Å². The lowest BCUT2D eigenvalue weighted by atomic mass is 10.1. The molecule has 2 heterocycles. The molecular weight excluding hydrogens is 431 g/mol. The molecule has 170 valence electrons. The van der Waals surface area contributed by atoms with E-state index in [1.807, 2.05) is 0 Å². The number of hydrogen-bond donors (Lipinski definition) is 3. The second-order valence-electron chi connectivity index (χ2n) is 6.83. The number of carbonyl (C=O) groups excluding carboxylic acids is 3. The fourth-order valence-corrected chi connectivity index (χ4v) is 3.01. The Balaban J connectivity index is 1.43. The highest BCUT2D eigenvalue weighted by molar-refractivity contribution is 5.93. The van der Waals surface area contributed by atoms with Crippen LogP contribution in [0.15, 0.2) is 42.9 Å². The van der Waals surface area contributed by atoms with Crippen molar-refractivity contribution in [3.05, 3.63) is 54.1 Å². The molecule has 1 aromatic heterocycles. The number of nitrogens with one attached hydrogen (secondary N) is 3. The van der Waals surface area contributed by atoms with Gasteiger partial charge in [-0.05, 0) is 12.1 Å². The third kappa shape index (κ3) is 6.14. The number of rotatable bonds is 4. The summed E-state index contributed by atoms with van der Waals surface area (Å²) in [5.74, 6) is -1.21. The number of piperazine rings is 1. The third-order valence-corrected chi connectivity index (χ3v) is 4.61. The zero-order chi connectivity index (χ0) is 23.1. The third-order valence-electron chi connectivity index (χ3n) is 4.61. The molecule has 1 fully saturated rings. The zero-order valence-electron chi connectivity index (χ0n) is 16.7. The highest BCUT2D eigenvalue weighted by Gasteiger charge is 2.33. The van der Waals surface area contributed by atoms with Crippen molar-refractivity contribution in [1.82, 2.24) is 30.6 Å². The summed E-state index contributed by atoms with van der Waals surface area (Å²) in [5.41, 5.74) is 3.32. The van der Waals surface area contributed by atoms with E-state index in [0.717, 1.165) is 6.07 Å². The quantitative estimate of drug-likeness (QED) is 0.599. The van der Waals surface area contributed by atoms with Crippen molar-refractivity contribution in [2.75, 3.05) is 38.0 Å². The van der Waals surface area contributed by atoms with E-state index in [0.29, 0.717) is 13.1 Å². The van der Waals surface area contributed by atoms with Crippen LogP contribution in [0.4, 0.5) is 23.7 Å². The van der Waals surface area contributed by atoms with Gasteiger partial charge < -0.3 is 10.2 Å². The minimum Gasteiger partial charge on any atom is -0.324 e. The minimum atomic E-state index is -4.58. The maximum Gasteiger partial charge on any atom is 0.418 e. The van der Waals surface area contributed by atoms with Gasteiger partial charge in [0.05, 0.1) is 24.0 Å². The van der Waals surface area contributed by atoms with Crippen LogP contribution >= 0.6 is 0 Å². The molecule has 0 saturated carbocycles. The van der Waals surface area contributed by atoms with Crippen LogP contribution in [0, 0.1) is 0 Å². The summed E-state index contributed by atoms with van der Waals surface area (Å²) in [6.45, 7) is 1.07. The van der Waals surface area contributed by atoms with Crippen LogP contribution in [-0.2, 0) is 11.0 Å². The van der Waals surface area contributed by atoms with Crippen LogP contribution in [0.2, 0.25) is 0 Å². The molecule has 1 aromatic carbocycles. The summed E-state index contributed by atoms with van der Waals surface area (Å²) in [5, 5.41) is 2.29. The number of halogens is 3. The van der Waals surface area contributed by atoms with Gasteiger partial charge in [0.15, 0.2) is 0 Å². The summed E-state index contributed by atoms with van der Waals surface area (Å²) in [6, 6.07) is 4.21. The molecule has 0 unspecified atom stereocenters. The number of amides is 4. The number of carbonyl (C=O) groups is 3. The average Bonchev–Trinajstić information content (AvgIpc) is 2.78. The van der Waals surface area contributed by atoms with Crippen LogP contribution in [0.3, 0.4) is 0 Å². The van der Waals surface area contributed by atoms with Gasteiger partial charge in [0.25, 0.3) is 5.91 Å². The van der Waals surface area contributed by atoms with Crippen LogP contribution in [0.1, 0.15) is 16.1 Å². The zero-order valence-corrected chi connectivity index (χ0v) is 16.7. The number of hydrazine groups is 1. The van der Waals surface area contributed by atoms with Crippen molar-refractivity contribution in [3.63, 3.8) is 0 Å². The first-order chi connectivity index (χ1) is 15.2. The van der Waals surface area contributed by atoms with Crippen LogP contribution in [0.5, 0.6) is 0 Å². The molecule has 2 aromatic rings. The van der Waals surface area contributed by atoms with Gasteiger partial charge in [-0.1, -0.05) is 12.1 Å². The fraction of sp³-hybridized carbons (Fsp3) is 0.316. The Kier molecular flexibility index (Phi) is 7.20. The predicted octanol–water partition coefficient (Wildman–Crippen LogP) is 1.11. The van der Waals surface area contributed by atoms with Gasteiger partial charge in [-0.25, -0.2) is 15.2 Å². The molecule has 3 N–H and O–H groups in total. The van der Waals surface area contributed by atoms with Crippen LogP contribution in [-0.4, -0.2) is 70.3 Å². The smallest absolute Gasteiger partial charge is 0.324 e. The van der Waals surface area contributed by atoms with Gasteiger partial charge in [0, 0.05) is 38.6 Å². The van der Waals surface area contributed by atoms with Crippen molar-refractivity contribution >= 4 is 23.5 Å². The number of nitrogens with zero attached hydrogens (tertiary/aromatic N) is 4. The molecule has 0 atom stereocenters. The van der Waals surface area contributed by atoms with Crippen molar-refractivity contribution in [1.29, 1.82) is 0 Å². The molecule has 3 rings (SSSR count). The molecule has 4 amide bonds. The summed E-state index contributed by atoms with van der Waals surface area (Å²) >= 11 is 0. The Morgan fingerprint density at radius 3 is 2.38 bits per heavy atom. The molecule has 0 radical (unpaired) electrons. The van der Waals surface area contributed by atoms with Gasteiger partial charge in [-0.15, -0.1) is 0 Å². The van der Waals surface area contributed by atoms with Gasteiger partial charge >= 0.3 is 12.2 Å². The van der Waals surface area contributed by atoms with Crippen molar-refractivity contribution in [2.24, 2.45) is 0 Å². The lowest BCUT2D eigenvalue weighted by molar-refractivity contribution is -0.137. The standard InChI is InChI=1S/C19H20F3N7O3/c20-19(21,22)13-3-1-2-4-14(13)25-16(30)12-28-7-9-29(10-8-28)18(32)27-26-17(31)15-11-23-5-6-24-15/h1-6,11H,7-10,12H2,(H,25,30)(H,26,31)(H,27,32). The van der Waals surface area contributed by atoms with Gasteiger partial charge in [-0.2, -0.15) is 13.2 Å². The minimum absolute atomic E-state index is 0.0377. The molecule has 1 aliphatic rings. The molecule has 32 heavy (non-hydrogen) atoms. The molecule has 0 spiro atoms. The molecule has 0 aliphatic carbocycles. The fourth-order valence-electron chi connectivity index (χ4n) is 3.01. The number of aromatic nitrogens is 2. The highest BCUT2D eigenvalue weighted by atomic mass is 19.4. The Morgan fingerprint density at radius 1 is 1.00 bits per heavy atom. The first-order valence-electron chi connectivity index (χ1n) is 9.54. The Morgan fingerprint density at radius 2 is 1.72 bits per heavy atom. The Labute approximate surface area is 180 Å². The van der Waals surface area contributed by atoms with E-state index in [1.165, 1.54) is 41.7 Å². The number of para-hydroxylation sites is 1. The van der Waals surface area contributed by atoms with E-state index in [-0.39, 0.29) is 31.0 Å². The van der Waals surface area contributed by atoms with Gasteiger partial charge in [0.1, 0.15) is 5.69 Å². The normalized spacial score (nSPS) is 14.5. The van der Waals surface area contributed by atoms with Crippen LogP contribution < -0.4 is 16.2 Å². The summed E-state index contributed by atoms with van der Waals surface area (Å²) in [4.78, 5) is 47.0. The summed E-state index contributed by atoms with van der Waals surface area (Å²) in [6.07, 6.45) is -0.582. The molecular formula is C19H20F3N7O3. The molecule has 1 saturated heterocycles. The van der Waals surface area contributed by atoms with E-state index in [1.54, 1.807) is 4.90 Å². The lowest BCUT2D eigenvalue weighted by Gasteiger charge is -2.34. The predicted molar refractivity (Wildman–Crippen MR) is 106 cm³/mol. The maximum absolute atomic E-state index is 13.0. The maximum atomic E-state index is 13.0.